The fourth-order valence-corrected chi connectivity index (χ4v) is 2.24. The second kappa shape index (κ2) is 5.20. The molecule has 1 aliphatic heterocycles. The van der Waals surface area contributed by atoms with Crippen molar-refractivity contribution in [2.75, 3.05) is 20.2 Å². The van der Waals surface area contributed by atoms with Crippen LogP contribution >= 0.6 is 0 Å². The molecule has 1 atom stereocenters. The second-order valence-electron chi connectivity index (χ2n) is 4.58. The minimum atomic E-state index is -0.231. The van der Waals surface area contributed by atoms with Crippen LogP contribution in [0.2, 0.25) is 0 Å². The first kappa shape index (κ1) is 12.6. The first-order chi connectivity index (χ1) is 8.61. The number of nitrogens with zero attached hydrogens (tertiary/aromatic N) is 3. The van der Waals surface area contributed by atoms with Gasteiger partial charge >= 0.3 is 12.0 Å². The van der Waals surface area contributed by atoms with E-state index in [9.17, 15) is 9.59 Å². The zero-order chi connectivity index (χ0) is 13.1. The Balaban J connectivity index is 2.05. The maximum atomic E-state index is 12.2. The van der Waals surface area contributed by atoms with Gasteiger partial charge in [-0.25, -0.2) is 9.36 Å². The van der Waals surface area contributed by atoms with Gasteiger partial charge in [-0.15, -0.1) is 0 Å². The van der Waals surface area contributed by atoms with Crippen LogP contribution in [0.4, 0.5) is 4.79 Å². The molecule has 0 bridgehead atoms. The fraction of sp³-hybridized carbons (Fsp3) is 0.583. The van der Waals surface area contributed by atoms with Crippen LogP contribution in [0.1, 0.15) is 12.8 Å². The van der Waals surface area contributed by atoms with E-state index in [2.05, 4.69) is 0 Å². The lowest BCUT2D eigenvalue weighted by molar-refractivity contribution is -0.670. The fourth-order valence-electron chi connectivity index (χ4n) is 2.24. The van der Waals surface area contributed by atoms with Gasteiger partial charge in [-0.3, -0.25) is 4.79 Å². The molecule has 0 radical (unpaired) electrons. The van der Waals surface area contributed by atoms with Crippen LogP contribution in [0.15, 0.2) is 18.7 Å². The van der Waals surface area contributed by atoms with Crippen molar-refractivity contribution in [1.29, 1.82) is 0 Å². The predicted molar refractivity (Wildman–Crippen MR) is 62.7 cm³/mol. The van der Waals surface area contributed by atoms with E-state index in [0.29, 0.717) is 13.1 Å². The molecule has 0 N–H and O–H groups in total. The summed E-state index contributed by atoms with van der Waals surface area (Å²) in [7, 11) is 3.24. The second-order valence-corrected chi connectivity index (χ2v) is 4.58. The van der Waals surface area contributed by atoms with Crippen molar-refractivity contribution < 1.29 is 18.9 Å². The number of amides is 1. The molecule has 1 fully saturated rings. The third-order valence-corrected chi connectivity index (χ3v) is 3.22. The molecule has 0 spiro atoms. The molecular weight excluding hydrogens is 234 g/mol. The number of aromatic nitrogens is 2. The molecule has 18 heavy (non-hydrogen) atoms. The number of hydrogen-bond acceptors (Lipinski definition) is 3. The van der Waals surface area contributed by atoms with Gasteiger partial charge < -0.3 is 9.64 Å². The molecule has 1 unspecified atom stereocenters. The van der Waals surface area contributed by atoms with Crippen LogP contribution in [0, 0.1) is 5.92 Å². The van der Waals surface area contributed by atoms with E-state index < -0.39 is 0 Å². The number of likely N-dealkylation sites (tertiary alicyclic amines) is 1. The number of hydrogen-bond donors (Lipinski definition) is 0. The van der Waals surface area contributed by atoms with Gasteiger partial charge in [-0.05, 0) is 12.8 Å². The Labute approximate surface area is 106 Å². The molecule has 2 rings (SSSR count). The summed E-state index contributed by atoms with van der Waals surface area (Å²) >= 11 is 0. The summed E-state index contributed by atoms with van der Waals surface area (Å²) in [5.74, 6) is -0.428. The maximum absolute atomic E-state index is 12.2. The number of carbonyl (C=O) groups excluding carboxylic acids is 2. The van der Waals surface area contributed by atoms with Gasteiger partial charge in [-0.1, -0.05) is 0 Å². The molecule has 0 aliphatic carbocycles. The largest absolute Gasteiger partial charge is 0.469 e. The quantitative estimate of drug-likeness (QED) is 0.528. The Morgan fingerprint density at radius 3 is 2.83 bits per heavy atom. The smallest absolute Gasteiger partial charge is 0.415 e. The molecule has 0 aromatic carbocycles. The van der Waals surface area contributed by atoms with Gasteiger partial charge in [-0.2, -0.15) is 4.57 Å². The van der Waals surface area contributed by atoms with E-state index >= 15 is 0 Å². The molecule has 1 amide bonds. The van der Waals surface area contributed by atoms with Crippen molar-refractivity contribution in [3.05, 3.63) is 18.7 Å². The molecule has 1 aliphatic rings. The monoisotopic (exact) mass is 252 g/mol. The van der Waals surface area contributed by atoms with Gasteiger partial charge in [0, 0.05) is 13.1 Å². The van der Waals surface area contributed by atoms with Crippen molar-refractivity contribution >= 4 is 12.0 Å². The average Bonchev–Trinajstić information content (AvgIpc) is 2.83. The summed E-state index contributed by atoms with van der Waals surface area (Å²) in [5.41, 5.74) is 0. The summed E-state index contributed by atoms with van der Waals surface area (Å²) in [6, 6.07) is -0.0933. The number of carbonyl (C=O) groups is 2. The number of esters is 1. The van der Waals surface area contributed by atoms with E-state index in [1.807, 2.05) is 7.05 Å². The number of rotatable bonds is 1. The molecule has 0 saturated carbocycles. The minimum absolute atomic E-state index is 0.0933. The van der Waals surface area contributed by atoms with Crippen molar-refractivity contribution in [3.63, 3.8) is 0 Å². The summed E-state index contributed by atoms with van der Waals surface area (Å²) in [4.78, 5) is 25.4. The lowest BCUT2D eigenvalue weighted by atomic mass is 9.98. The molecular formula is C12H18N3O3+. The zero-order valence-electron chi connectivity index (χ0n) is 10.7. The molecule has 98 valence electrons. The summed E-state index contributed by atoms with van der Waals surface area (Å²) in [5, 5.41) is 0. The predicted octanol–water partition coefficient (Wildman–Crippen LogP) is 0.166. The van der Waals surface area contributed by atoms with E-state index in [-0.39, 0.29) is 17.9 Å². The Bertz CT molecular complexity index is 455. The van der Waals surface area contributed by atoms with Crippen molar-refractivity contribution in [2.24, 2.45) is 13.0 Å². The van der Waals surface area contributed by atoms with Gasteiger partial charge in [0.05, 0.1) is 20.1 Å². The third kappa shape index (κ3) is 2.52. The Kier molecular flexibility index (Phi) is 3.64. The molecule has 1 aromatic heterocycles. The number of ether oxygens (including phenoxy) is 1. The standard InChI is InChI=1S/C12H18N3O3/c1-13-6-7-15(9-13)12(17)14-5-3-4-10(8-14)11(16)18-2/h6-7,9-10H,3-5,8H2,1-2H3/q+1. The Morgan fingerprint density at radius 2 is 2.22 bits per heavy atom. The molecule has 1 aromatic rings. The highest BCUT2D eigenvalue weighted by molar-refractivity contribution is 5.78. The lowest BCUT2D eigenvalue weighted by Crippen LogP contribution is -2.44. The van der Waals surface area contributed by atoms with Crippen LogP contribution in [0.3, 0.4) is 0 Å². The first-order valence-electron chi connectivity index (χ1n) is 6.02. The van der Waals surface area contributed by atoms with Crippen molar-refractivity contribution in [1.82, 2.24) is 9.47 Å². The molecule has 6 heteroatoms. The molecule has 6 nitrogen and oxygen atoms in total. The number of methoxy groups -OCH3 is 1. The van der Waals surface area contributed by atoms with Gasteiger partial charge in [0.25, 0.3) is 6.33 Å². The van der Waals surface area contributed by atoms with Gasteiger partial charge in [0.15, 0.2) is 0 Å². The summed E-state index contributed by atoms with van der Waals surface area (Å²) < 4.78 is 8.07. The summed E-state index contributed by atoms with van der Waals surface area (Å²) in [6.45, 7) is 1.13. The van der Waals surface area contributed by atoms with Crippen LogP contribution in [-0.4, -0.2) is 41.7 Å². The Hall–Kier alpha value is -1.85. The van der Waals surface area contributed by atoms with Crippen LogP contribution in [0.5, 0.6) is 0 Å². The van der Waals surface area contributed by atoms with Crippen LogP contribution in [-0.2, 0) is 16.6 Å². The molecule has 1 saturated heterocycles. The van der Waals surface area contributed by atoms with E-state index in [4.69, 9.17) is 4.74 Å². The van der Waals surface area contributed by atoms with Crippen LogP contribution < -0.4 is 4.57 Å². The van der Waals surface area contributed by atoms with E-state index in [1.165, 1.54) is 11.7 Å². The lowest BCUT2D eigenvalue weighted by Gasteiger charge is -2.29. The minimum Gasteiger partial charge on any atom is -0.469 e. The first-order valence-corrected chi connectivity index (χ1v) is 6.02. The van der Waals surface area contributed by atoms with Crippen molar-refractivity contribution in [2.45, 2.75) is 12.8 Å². The maximum Gasteiger partial charge on any atom is 0.415 e. The van der Waals surface area contributed by atoms with Crippen LogP contribution in [0.25, 0.3) is 0 Å². The SMILES string of the molecule is COC(=O)C1CCCN(C(=O)n2cc[n+](C)c2)C1. The number of aryl methyl sites for hydroxylation is 1. The third-order valence-electron chi connectivity index (χ3n) is 3.22. The number of piperidine rings is 1. The highest BCUT2D eigenvalue weighted by Gasteiger charge is 2.31. The topological polar surface area (TPSA) is 55.4 Å². The normalized spacial score (nSPS) is 19.7. The highest BCUT2D eigenvalue weighted by Crippen LogP contribution is 2.18. The highest BCUT2D eigenvalue weighted by atomic mass is 16.5. The van der Waals surface area contributed by atoms with Gasteiger partial charge in [0.2, 0.25) is 0 Å². The average molecular weight is 252 g/mol. The zero-order valence-corrected chi connectivity index (χ0v) is 10.7. The summed E-state index contributed by atoms with van der Waals surface area (Å²) in [6.07, 6.45) is 6.85. The van der Waals surface area contributed by atoms with E-state index in [0.717, 1.165) is 12.8 Å². The van der Waals surface area contributed by atoms with Gasteiger partial charge in [0.1, 0.15) is 12.4 Å². The van der Waals surface area contributed by atoms with Crippen molar-refractivity contribution in [3.8, 4) is 0 Å². The number of imidazole rings is 1. The van der Waals surface area contributed by atoms with E-state index in [1.54, 1.807) is 28.2 Å². The Morgan fingerprint density at radius 1 is 1.44 bits per heavy atom. The molecule has 2 heterocycles.